The average Bonchev–Trinajstić information content (AvgIpc) is 2.93. The van der Waals surface area contributed by atoms with Gasteiger partial charge in [0.1, 0.15) is 5.82 Å². The Bertz CT molecular complexity index is 1170. The molecule has 0 saturated carbocycles. The highest BCUT2D eigenvalue weighted by Gasteiger charge is 2.16. The lowest BCUT2D eigenvalue weighted by Gasteiger charge is -2.10. The highest BCUT2D eigenvalue weighted by Crippen LogP contribution is 2.26. The molecule has 0 aliphatic rings. The number of aryl methyl sites for hydroxylation is 3. The summed E-state index contributed by atoms with van der Waals surface area (Å²) in [6, 6.07) is 16.4. The first-order valence-corrected chi connectivity index (χ1v) is 8.74. The molecule has 0 bridgehead atoms. The van der Waals surface area contributed by atoms with Crippen molar-refractivity contribution in [3.05, 3.63) is 87.3 Å². The summed E-state index contributed by atoms with van der Waals surface area (Å²) in [5.41, 5.74) is 7.26. The monoisotopic (exact) mass is 343 g/mol. The maximum absolute atomic E-state index is 12.4. The van der Waals surface area contributed by atoms with E-state index in [0.717, 1.165) is 11.0 Å². The van der Waals surface area contributed by atoms with Gasteiger partial charge in [-0.05, 0) is 61.7 Å². The number of nitrogens with zero attached hydrogens (tertiary/aromatic N) is 2. The number of H-pyrrole nitrogens is 1. The summed E-state index contributed by atoms with van der Waals surface area (Å²) in [6.45, 7) is 6.95. The van der Waals surface area contributed by atoms with Crippen molar-refractivity contribution in [2.45, 2.75) is 27.3 Å². The molecule has 0 aliphatic carbocycles. The third-order valence-electron chi connectivity index (χ3n) is 4.85. The lowest BCUT2D eigenvalue weighted by Crippen LogP contribution is -2.11. The molecule has 4 heteroatoms. The van der Waals surface area contributed by atoms with Gasteiger partial charge in [-0.25, -0.2) is 4.98 Å². The van der Waals surface area contributed by atoms with E-state index in [2.05, 4.69) is 66.7 Å². The van der Waals surface area contributed by atoms with Crippen LogP contribution in [-0.2, 0) is 6.54 Å². The van der Waals surface area contributed by atoms with Gasteiger partial charge in [-0.2, -0.15) is 0 Å². The van der Waals surface area contributed by atoms with Gasteiger partial charge in [0.15, 0.2) is 0 Å². The van der Waals surface area contributed by atoms with Crippen LogP contribution in [0, 0.1) is 20.8 Å². The molecule has 0 amide bonds. The number of hydrogen-bond donors (Lipinski definition) is 1. The van der Waals surface area contributed by atoms with Gasteiger partial charge in [0, 0.05) is 12.7 Å². The van der Waals surface area contributed by atoms with Crippen LogP contribution in [0.5, 0.6) is 0 Å². The minimum Gasteiger partial charge on any atom is -0.328 e. The van der Waals surface area contributed by atoms with Crippen molar-refractivity contribution < 1.29 is 0 Å². The molecule has 4 rings (SSSR count). The van der Waals surface area contributed by atoms with Gasteiger partial charge in [-0.1, -0.05) is 29.8 Å². The molecule has 0 saturated heterocycles. The zero-order valence-corrected chi connectivity index (χ0v) is 15.2. The fraction of sp³-hybridized carbons (Fsp3) is 0.182. The molecular formula is C22H21N3O. The van der Waals surface area contributed by atoms with Gasteiger partial charge in [-0.3, -0.25) is 4.79 Å². The van der Waals surface area contributed by atoms with E-state index in [4.69, 9.17) is 4.98 Å². The molecule has 1 N–H and O–H groups in total. The van der Waals surface area contributed by atoms with Crippen LogP contribution in [0.1, 0.15) is 22.3 Å². The molecule has 0 atom stereocenters. The Morgan fingerprint density at radius 1 is 1.00 bits per heavy atom. The molecule has 2 aromatic heterocycles. The van der Waals surface area contributed by atoms with Crippen molar-refractivity contribution in [3.63, 3.8) is 0 Å². The van der Waals surface area contributed by atoms with Crippen LogP contribution in [0.15, 0.2) is 59.5 Å². The molecule has 26 heavy (non-hydrogen) atoms. The van der Waals surface area contributed by atoms with E-state index in [1.54, 1.807) is 6.20 Å². The second-order valence-electron chi connectivity index (χ2n) is 6.85. The van der Waals surface area contributed by atoms with Crippen molar-refractivity contribution >= 4 is 11.0 Å². The maximum atomic E-state index is 12.4. The van der Waals surface area contributed by atoms with Gasteiger partial charge in [0.05, 0.1) is 16.6 Å². The van der Waals surface area contributed by atoms with E-state index in [1.165, 1.54) is 22.3 Å². The minimum atomic E-state index is -0.123. The number of fused-ring (bicyclic) bond motifs is 1. The quantitative estimate of drug-likeness (QED) is 0.601. The molecule has 0 unspecified atom stereocenters. The fourth-order valence-electron chi connectivity index (χ4n) is 3.34. The molecule has 130 valence electrons. The standard InChI is InChI=1S/C22H21N3O/c1-14-6-4-7-17(10-14)13-25-20-12-16(3)15(2)11-19(20)24-21(25)18-8-5-9-23-22(18)26/h4-12H,13H2,1-3H3,(H,23,26). The van der Waals surface area contributed by atoms with Gasteiger partial charge < -0.3 is 9.55 Å². The SMILES string of the molecule is Cc1cccc(Cn2c(-c3ccc[nH]c3=O)nc3cc(C)c(C)cc32)c1. The molecule has 0 fully saturated rings. The normalized spacial score (nSPS) is 11.2. The first kappa shape index (κ1) is 16.3. The molecule has 2 heterocycles. The first-order chi connectivity index (χ1) is 12.5. The number of rotatable bonds is 3. The first-order valence-electron chi connectivity index (χ1n) is 8.74. The summed E-state index contributed by atoms with van der Waals surface area (Å²) in [6.07, 6.45) is 1.65. The zero-order valence-electron chi connectivity index (χ0n) is 15.2. The summed E-state index contributed by atoms with van der Waals surface area (Å²) >= 11 is 0. The van der Waals surface area contributed by atoms with Crippen LogP contribution in [-0.4, -0.2) is 14.5 Å². The number of benzene rings is 2. The van der Waals surface area contributed by atoms with Crippen LogP contribution in [0.25, 0.3) is 22.4 Å². The molecule has 0 aliphatic heterocycles. The number of nitrogens with one attached hydrogen (secondary N) is 1. The summed E-state index contributed by atoms with van der Waals surface area (Å²) in [5.74, 6) is 0.702. The highest BCUT2D eigenvalue weighted by molar-refractivity contribution is 5.82. The Kier molecular flexibility index (Phi) is 3.96. The molecular weight excluding hydrogens is 322 g/mol. The second kappa shape index (κ2) is 6.30. The van der Waals surface area contributed by atoms with Crippen molar-refractivity contribution in [1.29, 1.82) is 0 Å². The number of pyridine rings is 1. The fourth-order valence-corrected chi connectivity index (χ4v) is 3.34. The van der Waals surface area contributed by atoms with Crippen molar-refractivity contribution in [2.75, 3.05) is 0 Å². The smallest absolute Gasteiger partial charge is 0.258 e. The second-order valence-corrected chi connectivity index (χ2v) is 6.85. The number of aromatic amines is 1. The van der Waals surface area contributed by atoms with Gasteiger partial charge in [0.25, 0.3) is 5.56 Å². The predicted molar refractivity (Wildman–Crippen MR) is 106 cm³/mol. The average molecular weight is 343 g/mol. The van der Waals surface area contributed by atoms with Crippen molar-refractivity contribution in [2.24, 2.45) is 0 Å². The molecule has 4 nitrogen and oxygen atoms in total. The molecule has 4 aromatic rings. The summed E-state index contributed by atoms with van der Waals surface area (Å²) in [4.78, 5) is 19.9. The van der Waals surface area contributed by atoms with Crippen LogP contribution in [0.4, 0.5) is 0 Å². The summed E-state index contributed by atoms with van der Waals surface area (Å²) in [5, 5.41) is 0. The largest absolute Gasteiger partial charge is 0.328 e. The van der Waals surface area contributed by atoms with Gasteiger partial charge in [-0.15, -0.1) is 0 Å². The van der Waals surface area contributed by atoms with E-state index in [0.29, 0.717) is 17.9 Å². The Hall–Kier alpha value is -3.14. The van der Waals surface area contributed by atoms with E-state index in [1.807, 2.05) is 12.1 Å². The summed E-state index contributed by atoms with van der Waals surface area (Å²) < 4.78 is 2.14. The number of imidazole rings is 1. The third-order valence-corrected chi connectivity index (χ3v) is 4.85. The zero-order chi connectivity index (χ0) is 18.3. The van der Waals surface area contributed by atoms with Crippen LogP contribution in [0.2, 0.25) is 0 Å². The Labute approximate surface area is 152 Å². The third kappa shape index (κ3) is 2.84. The lowest BCUT2D eigenvalue weighted by atomic mass is 10.1. The van der Waals surface area contributed by atoms with Gasteiger partial charge in [0.2, 0.25) is 0 Å². The van der Waals surface area contributed by atoms with E-state index >= 15 is 0 Å². The van der Waals surface area contributed by atoms with Gasteiger partial charge >= 0.3 is 0 Å². The predicted octanol–water partition coefficient (Wildman–Crippen LogP) is 4.37. The van der Waals surface area contributed by atoms with Crippen LogP contribution < -0.4 is 5.56 Å². The van der Waals surface area contributed by atoms with E-state index in [9.17, 15) is 4.79 Å². The van der Waals surface area contributed by atoms with E-state index < -0.39 is 0 Å². The Morgan fingerprint density at radius 2 is 1.81 bits per heavy atom. The number of hydrogen-bond acceptors (Lipinski definition) is 2. The number of aromatic nitrogens is 3. The minimum absolute atomic E-state index is 0.123. The lowest BCUT2D eigenvalue weighted by molar-refractivity contribution is 0.831. The Balaban J connectivity index is 1.98. The van der Waals surface area contributed by atoms with E-state index in [-0.39, 0.29) is 5.56 Å². The van der Waals surface area contributed by atoms with Crippen molar-refractivity contribution in [3.8, 4) is 11.4 Å². The Morgan fingerprint density at radius 3 is 2.58 bits per heavy atom. The van der Waals surface area contributed by atoms with Crippen molar-refractivity contribution in [1.82, 2.24) is 14.5 Å². The summed E-state index contributed by atoms with van der Waals surface area (Å²) in [7, 11) is 0. The molecule has 0 spiro atoms. The van der Waals surface area contributed by atoms with Crippen LogP contribution in [0.3, 0.4) is 0 Å². The molecule has 2 aromatic carbocycles. The maximum Gasteiger partial charge on any atom is 0.258 e. The topological polar surface area (TPSA) is 50.7 Å². The van der Waals surface area contributed by atoms with Crippen LogP contribution >= 0.6 is 0 Å². The molecule has 0 radical (unpaired) electrons. The highest BCUT2D eigenvalue weighted by atomic mass is 16.1.